The van der Waals surface area contributed by atoms with Crippen molar-refractivity contribution in [3.05, 3.63) is 87.3 Å². The number of carbonyl (C=O) groups excluding carboxylic acids is 4. The highest BCUT2D eigenvalue weighted by Crippen LogP contribution is 2.43. The van der Waals surface area contributed by atoms with Crippen molar-refractivity contribution < 1.29 is 24.3 Å². The van der Waals surface area contributed by atoms with E-state index < -0.39 is 12.1 Å². The number of carbonyl (C=O) groups is 4. The van der Waals surface area contributed by atoms with Gasteiger partial charge in [-0.3, -0.25) is 24.5 Å². The number of rotatable bonds is 17. The number of piperazine rings is 1. The van der Waals surface area contributed by atoms with Crippen LogP contribution in [0.5, 0.6) is 0 Å². The van der Waals surface area contributed by atoms with Crippen LogP contribution in [0, 0.1) is 0 Å². The Hall–Kier alpha value is -4.35. The van der Waals surface area contributed by atoms with Crippen LogP contribution in [0.4, 0.5) is 5.82 Å². The van der Waals surface area contributed by atoms with Crippen molar-refractivity contribution in [2.24, 2.45) is 0 Å². The molecule has 0 radical (unpaired) electrons. The molecule has 2 fully saturated rings. The predicted octanol–water partition coefficient (Wildman–Crippen LogP) is 7.40. The molecular formula is C45H57ClN6O5. The van der Waals surface area contributed by atoms with Crippen LogP contribution >= 0.6 is 11.6 Å². The summed E-state index contributed by atoms with van der Waals surface area (Å²) in [4.78, 5) is 66.1. The zero-order valence-electron chi connectivity index (χ0n) is 33.3. The monoisotopic (exact) mass is 796 g/mol. The maximum Gasteiger partial charge on any atom is 0.255 e. The number of amides is 4. The summed E-state index contributed by atoms with van der Waals surface area (Å²) in [6.45, 7) is 5.24. The molecule has 57 heavy (non-hydrogen) atoms. The maximum absolute atomic E-state index is 14.0. The molecule has 4 atom stereocenters. The van der Waals surface area contributed by atoms with Crippen molar-refractivity contribution >= 4 is 41.0 Å². The molecule has 4 heterocycles. The molecule has 2 aromatic carbocycles. The molecule has 3 aliphatic heterocycles. The first kappa shape index (κ1) is 40.8. The second kappa shape index (κ2) is 18.9. The number of piperidine rings is 1. The molecule has 4 aliphatic rings. The molecule has 4 amide bonds. The number of halogens is 1. The first-order valence-electron chi connectivity index (χ1n) is 21.3. The summed E-state index contributed by atoms with van der Waals surface area (Å²) in [5.74, 6) is 0.361. The molecule has 304 valence electrons. The summed E-state index contributed by atoms with van der Waals surface area (Å²) < 4.78 is 0. The normalized spacial score (nSPS) is 21.1. The van der Waals surface area contributed by atoms with Gasteiger partial charge < -0.3 is 19.8 Å². The van der Waals surface area contributed by atoms with Crippen molar-refractivity contribution in [3.8, 4) is 0 Å². The van der Waals surface area contributed by atoms with E-state index >= 15 is 0 Å². The van der Waals surface area contributed by atoms with Gasteiger partial charge in [0.15, 0.2) is 0 Å². The highest BCUT2D eigenvalue weighted by Gasteiger charge is 2.40. The predicted molar refractivity (Wildman–Crippen MR) is 220 cm³/mol. The number of benzene rings is 2. The van der Waals surface area contributed by atoms with Gasteiger partial charge in [0.2, 0.25) is 17.7 Å². The molecule has 12 heteroatoms. The van der Waals surface area contributed by atoms with Crippen LogP contribution in [0.2, 0.25) is 5.02 Å². The number of aliphatic hydroxyl groups excluding tert-OH is 1. The third-order valence-corrected chi connectivity index (χ3v) is 12.9. The van der Waals surface area contributed by atoms with Crippen molar-refractivity contribution in [2.75, 3.05) is 31.1 Å². The second-order valence-electron chi connectivity index (χ2n) is 16.5. The van der Waals surface area contributed by atoms with Gasteiger partial charge >= 0.3 is 0 Å². The maximum atomic E-state index is 14.0. The van der Waals surface area contributed by atoms with Gasteiger partial charge in [-0.15, -0.1) is 0 Å². The number of imide groups is 1. The Labute approximate surface area is 341 Å². The summed E-state index contributed by atoms with van der Waals surface area (Å²) >= 11 is 6.23. The average molecular weight is 797 g/mol. The third-order valence-electron chi connectivity index (χ3n) is 12.6. The van der Waals surface area contributed by atoms with Crippen molar-refractivity contribution in [3.63, 3.8) is 0 Å². The van der Waals surface area contributed by atoms with E-state index in [9.17, 15) is 24.3 Å². The Balaban J connectivity index is 0.791. The van der Waals surface area contributed by atoms with Crippen LogP contribution in [0.25, 0.3) is 0 Å². The molecule has 1 aliphatic carbocycles. The molecule has 3 aromatic rings. The van der Waals surface area contributed by atoms with Gasteiger partial charge in [0.05, 0.1) is 17.7 Å². The summed E-state index contributed by atoms with van der Waals surface area (Å²) in [6, 6.07) is 13.1. The number of nitrogens with one attached hydrogen (secondary N) is 1. The molecule has 2 saturated heterocycles. The Kier molecular flexibility index (Phi) is 13.6. The van der Waals surface area contributed by atoms with Gasteiger partial charge in [-0.1, -0.05) is 101 Å². The molecule has 11 nitrogen and oxygen atoms in total. The zero-order chi connectivity index (χ0) is 39.9. The number of hydrogen-bond donors (Lipinski definition) is 2. The van der Waals surface area contributed by atoms with E-state index in [0.717, 1.165) is 66.7 Å². The number of aliphatic hydroxyl groups is 1. The van der Waals surface area contributed by atoms with Crippen LogP contribution in [0.1, 0.15) is 153 Å². The lowest BCUT2D eigenvalue weighted by atomic mass is 9.91. The number of anilines is 1. The number of fused-ring (bicyclic) bond motifs is 2. The van der Waals surface area contributed by atoms with Crippen molar-refractivity contribution in [1.82, 2.24) is 25.1 Å². The number of unbranched alkanes of at least 4 members (excludes halogenated alkanes) is 9. The van der Waals surface area contributed by atoms with Crippen LogP contribution in [-0.2, 0) is 27.3 Å². The topological polar surface area (TPSA) is 136 Å². The van der Waals surface area contributed by atoms with Gasteiger partial charge in [-0.25, -0.2) is 9.97 Å². The minimum absolute atomic E-state index is 0.109. The molecule has 2 N–H and O–H groups in total. The third kappa shape index (κ3) is 9.52. The molecule has 7 rings (SSSR count). The number of aromatic nitrogens is 2. The SMILES string of the molecule is C[C@@H]1C[C@@H](O)c2ncnc(N3CCN(C(=O)[C@H](CCCCCCCCCCCCc4cccc5c4CN(C4CCC(=O)NC4=O)C5=O)c4ccc(Cl)cc4)CC3)c21. The standard InChI is InChI=1S/C45H57ClN6O5/c1-30-27-38(53)41-40(30)42(48-29-47-41)50-23-25-51(26-24-50)44(56)34(32-17-19-33(46)20-18-32)15-11-9-7-5-3-2-4-6-8-10-13-31-14-12-16-35-36(31)28-52(45(35)57)37-21-22-39(54)49-43(37)55/h12,14,16-20,29-30,34,37-38,53H,2-11,13,15,21-28H2,1H3,(H,49,54,55)/t30-,34-,37?,38-/m1/s1. The number of hydrogen-bond acceptors (Lipinski definition) is 8. The average Bonchev–Trinajstić information content (AvgIpc) is 3.71. The van der Waals surface area contributed by atoms with E-state index in [1.807, 2.05) is 41.3 Å². The Morgan fingerprint density at radius 3 is 2.28 bits per heavy atom. The van der Waals surface area contributed by atoms with Crippen LogP contribution < -0.4 is 10.2 Å². The van der Waals surface area contributed by atoms with Crippen molar-refractivity contribution in [1.29, 1.82) is 0 Å². The van der Waals surface area contributed by atoms with Gasteiger partial charge in [0.25, 0.3) is 5.91 Å². The second-order valence-corrected chi connectivity index (χ2v) is 16.9. The summed E-state index contributed by atoms with van der Waals surface area (Å²) in [5, 5.41) is 13.5. The fourth-order valence-corrected chi connectivity index (χ4v) is 9.53. The first-order chi connectivity index (χ1) is 27.7. The smallest absolute Gasteiger partial charge is 0.255 e. The summed E-state index contributed by atoms with van der Waals surface area (Å²) in [7, 11) is 0. The molecule has 0 spiro atoms. The highest BCUT2D eigenvalue weighted by atomic mass is 35.5. The Morgan fingerprint density at radius 2 is 1.58 bits per heavy atom. The van der Waals surface area contributed by atoms with Crippen LogP contribution in [-0.4, -0.2) is 80.7 Å². The van der Waals surface area contributed by atoms with Gasteiger partial charge in [0.1, 0.15) is 18.2 Å². The highest BCUT2D eigenvalue weighted by molar-refractivity contribution is 6.30. The number of aryl methyl sites for hydroxylation is 1. The van der Waals surface area contributed by atoms with E-state index in [-0.39, 0.29) is 41.9 Å². The summed E-state index contributed by atoms with van der Waals surface area (Å²) in [6.07, 6.45) is 15.6. The lowest BCUT2D eigenvalue weighted by Crippen LogP contribution is -2.52. The Morgan fingerprint density at radius 1 is 0.895 bits per heavy atom. The minimum atomic E-state index is -0.580. The first-order valence-corrected chi connectivity index (χ1v) is 21.6. The van der Waals surface area contributed by atoms with Crippen LogP contribution in [0.3, 0.4) is 0 Å². The lowest BCUT2D eigenvalue weighted by Gasteiger charge is -2.38. The lowest BCUT2D eigenvalue weighted by molar-refractivity contribution is -0.137. The van der Waals surface area contributed by atoms with E-state index in [0.29, 0.717) is 56.2 Å². The van der Waals surface area contributed by atoms with E-state index in [1.165, 1.54) is 44.1 Å². The Bertz CT molecular complexity index is 1910. The molecular weight excluding hydrogens is 740 g/mol. The number of nitrogens with zero attached hydrogens (tertiary/aromatic N) is 5. The summed E-state index contributed by atoms with van der Waals surface area (Å²) in [5.41, 5.74) is 5.75. The quantitative estimate of drug-likeness (QED) is 0.107. The van der Waals surface area contributed by atoms with Gasteiger partial charge in [-0.05, 0) is 72.9 Å². The van der Waals surface area contributed by atoms with E-state index in [2.05, 4.69) is 33.2 Å². The fraction of sp³-hybridized carbons (Fsp3) is 0.556. The molecule has 0 saturated carbocycles. The molecule has 1 unspecified atom stereocenters. The molecule has 0 bridgehead atoms. The van der Waals surface area contributed by atoms with E-state index in [1.54, 1.807) is 11.2 Å². The molecule has 1 aromatic heterocycles. The largest absolute Gasteiger partial charge is 0.387 e. The minimum Gasteiger partial charge on any atom is -0.387 e. The van der Waals surface area contributed by atoms with Crippen molar-refractivity contribution in [2.45, 2.75) is 134 Å². The van der Waals surface area contributed by atoms with E-state index in [4.69, 9.17) is 11.6 Å². The van der Waals surface area contributed by atoms with Crippen LogP contribution in [0.15, 0.2) is 48.8 Å². The van der Waals surface area contributed by atoms with Gasteiger partial charge in [-0.2, -0.15) is 0 Å². The fourth-order valence-electron chi connectivity index (χ4n) is 9.40. The van der Waals surface area contributed by atoms with Gasteiger partial charge in [0, 0.05) is 55.3 Å². The zero-order valence-corrected chi connectivity index (χ0v) is 34.0.